The van der Waals surface area contributed by atoms with Crippen molar-refractivity contribution in [3.8, 4) is 0 Å². The molecule has 0 spiro atoms. The lowest BCUT2D eigenvalue weighted by Gasteiger charge is -2.23. The maximum Gasteiger partial charge on any atom is 0.251 e. The van der Waals surface area contributed by atoms with Crippen molar-refractivity contribution in [1.82, 2.24) is 15.3 Å². The van der Waals surface area contributed by atoms with E-state index in [1.54, 1.807) is 11.8 Å². The summed E-state index contributed by atoms with van der Waals surface area (Å²) in [5.74, 6) is 1.63. The van der Waals surface area contributed by atoms with E-state index in [4.69, 9.17) is 9.97 Å². The van der Waals surface area contributed by atoms with Crippen LogP contribution in [0.3, 0.4) is 0 Å². The Morgan fingerprint density at radius 3 is 2.55 bits per heavy atom. The summed E-state index contributed by atoms with van der Waals surface area (Å²) in [6, 6.07) is 9.97. The van der Waals surface area contributed by atoms with Gasteiger partial charge in [-0.25, -0.2) is 9.97 Å². The van der Waals surface area contributed by atoms with Gasteiger partial charge in [0.2, 0.25) is 0 Å². The molecule has 158 valence electrons. The second kappa shape index (κ2) is 10.1. The number of amides is 1. The summed E-state index contributed by atoms with van der Waals surface area (Å²) in [6.07, 6.45) is 1.07. The molecule has 1 aromatic carbocycles. The van der Waals surface area contributed by atoms with Crippen LogP contribution in [0, 0.1) is 0 Å². The number of nitrogens with one attached hydrogen (secondary N) is 1. The van der Waals surface area contributed by atoms with Gasteiger partial charge in [0.1, 0.15) is 5.82 Å². The van der Waals surface area contributed by atoms with Crippen molar-refractivity contribution in [3.63, 3.8) is 0 Å². The van der Waals surface area contributed by atoms with E-state index in [2.05, 4.69) is 51.0 Å². The summed E-state index contributed by atoms with van der Waals surface area (Å²) in [5, 5.41) is 3.71. The molecule has 0 saturated heterocycles. The molecule has 2 aromatic rings. The van der Waals surface area contributed by atoms with Crippen LogP contribution >= 0.6 is 11.8 Å². The van der Waals surface area contributed by atoms with Gasteiger partial charge in [0.25, 0.3) is 5.91 Å². The standard InChI is InChI=1S/C23H34N4OS/c1-8-12-27(7)20-14-19(23(4,5)6)25-22(26-20)29-15-17-10-9-11-18(13-17)21(28)24-16(2)3/h9-11,13-14,16H,8,12,15H2,1-7H3,(H,24,28). The Bertz CT molecular complexity index is 830. The quantitative estimate of drug-likeness (QED) is 0.484. The van der Waals surface area contributed by atoms with Crippen LogP contribution in [0.1, 0.15) is 69.6 Å². The van der Waals surface area contributed by atoms with Crippen molar-refractivity contribution in [1.29, 1.82) is 0 Å². The Hall–Kier alpha value is -2.08. The molecule has 1 heterocycles. The molecule has 6 heteroatoms. The van der Waals surface area contributed by atoms with Gasteiger partial charge >= 0.3 is 0 Å². The van der Waals surface area contributed by atoms with E-state index in [-0.39, 0.29) is 17.4 Å². The van der Waals surface area contributed by atoms with E-state index in [1.165, 1.54) is 0 Å². The fourth-order valence-electron chi connectivity index (χ4n) is 2.80. The van der Waals surface area contributed by atoms with Crippen molar-refractivity contribution in [2.24, 2.45) is 0 Å². The summed E-state index contributed by atoms with van der Waals surface area (Å²) >= 11 is 1.61. The Kier molecular flexibility index (Phi) is 8.08. The first kappa shape index (κ1) is 23.2. The van der Waals surface area contributed by atoms with E-state index in [0.29, 0.717) is 11.3 Å². The minimum Gasteiger partial charge on any atom is -0.360 e. The van der Waals surface area contributed by atoms with E-state index in [9.17, 15) is 4.79 Å². The zero-order chi connectivity index (χ0) is 21.6. The summed E-state index contributed by atoms with van der Waals surface area (Å²) in [6.45, 7) is 13.6. The Morgan fingerprint density at radius 2 is 1.93 bits per heavy atom. The van der Waals surface area contributed by atoms with Crippen molar-refractivity contribution < 1.29 is 4.79 Å². The van der Waals surface area contributed by atoms with Gasteiger partial charge in [-0.1, -0.05) is 51.6 Å². The molecular weight excluding hydrogens is 380 g/mol. The number of carbonyl (C=O) groups excluding carboxylic acids is 1. The highest BCUT2D eigenvalue weighted by Gasteiger charge is 2.19. The molecule has 2 rings (SSSR count). The third-order valence-electron chi connectivity index (χ3n) is 4.39. The lowest BCUT2D eigenvalue weighted by Crippen LogP contribution is -2.30. The van der Waals surface area contributed by atoms with Gasteiger partial charge in [-0.15, -0.1) is 0 Å². The largest absolute Gasteiger partial charge is 0.360 e. The Morgan fingerprint density at radius 1 is 1.21 bits per heavy atom. The Labute approximate surface area is 179 Å². The minimum absolute atomic E-state index is 0.0405. The second-order valence-electron chi connectivity index (χ2n) is 8.68. The third-order valence-corrected chi connectivity index (χ3v) is 5.31. The summed E-state index contributed by atoms with van der Waals surface area (Å²) < 4.78 is 0. The zero-order valence-electron chi connectivity index (χ0n) is 18.7. The third kappa shape index (κ3) is 7.03. The van der Waals surface area contributed by atoms with E-state index in [0.717, 1.165) is 35.2 Å². The van der Waals surface area contributed by atoms with E-state index in [1.807, 2.05) is 38.1 Å². The highest BCUT2D eigenvalue weighted by Crippen LogP contribution is 2.28. The van der Waals surface area contributed by atoms with Crippen LogP contribution in [-0.2, 0) is 11.2 Å². The fourth-order valence-corrected chi connectivity index (χ4v) is 3.60. The lowest BCUT2D eigenvalue weighted by atomic mass is 9.92. The predicted octanol–water partition coefficient (Wildman–Crippen LogP) is 5.05. The molecule has 0 saturated carbocycles. The Balaban J connectivity index is 2.21. The van der Waals surface area contributed by atoms with Gasteiger partial charge in [-0.05, 0) is 38.0 Å². The van der Waals surface area contributed by atoms with Gasteiger partial charge in [0, 0.05) is 42.4 Å². The molecule has 5 nitrogen and oxygen atoms in total. The van der Waals surface area contributed by atoms with Gasteiger partial charge in [0.05, 0.1) is 5.69 Å². The van der Waals surface area contributed by atoms with Crippen LogP contribution in [-0.4, -0.2) is 35.5 Å². The molecule has 0 radical (unpaired) electrons. The number of thioether (sulfide) groups is 1. The fraction of sp³-hybridized carbons (Fsp3) is 0.522. The van der Waals surface area contributed by atoms with Crippen LogP contribution in [0.2, 0.25) is 0 Å². The molecule has 0 unspecified atom stereocenters. The molecule has 0 bridgehead atoms. The summed E-state index contributed by atoms with van der Waals surface area (Å²) in [5.41, 5.74) is 2.76. The number of benzene rings is 1. The number of hydrogen-bond acceptors (Lipinski definition) is 5. The van der Waals surface area contributed by atoms with Gasteiger partial charge < -0.3 is 10.2 Å². The molecule has 29 heavy (non-hydrogen) atoms. The average molecular weight is 415 g/mol. The van der Waals surface area contributed by atoms with Gasteiger partial charge in [-0.3, -0.25) is 4.79 Å². The van der Waals surface area contributed by atoms with Crippen LogP contribution in [0.25, 0.3) is 0 Å². The summed E-state index contributed by atoms with van der Waals surface area (Å²) in [4.78, 5) is 24.0. The number of anilines is 1. The molecule has 1 aromatic heterocycles. The van der Waals surface area contributed by atoms with Gasteiger partial charge in [0.15, 0.2) is 5.16 Å². The van der Waals surface area contributed by atoms with Crippen LogP contribution < -0.4 is 10.2 Å². The molecule has 0 fully saturated rings. The number of aromatic nitrogens is 2. The van der Waals surface area contributed by atoms with Crippen molar-refractivity contribution in [3.05, 3.63) is 47.2 Å². The number of carbonyl (C=O) groups is 1. The summed E-state index contributed by atoms with van der Waals surface area (Å²) in [7, 11) is 2.07. The number of hydrogen-bond donors (Lipinski definition) is 1. The topological polar surface area (TPSA) is 58.1 Å². The maximum atomic E-state index is 12.3. The predicted molar refractivity (Wildman–Crippen MR) is 123 cm³/mol. The lowest BCUT2D eigenvalue weighted by molar-refractivity contribution is 0.0943. The second-order valence-corrected chi connectivity index (χ2v) is 9.63. The maximum absolute atomic E-state index is 12.3. The van der Waals surface area contributed by atoms with Crippen molar-refractivity contribution in [2.45, 2.75) is 70.3 Å². The molecule has 0 atom stereocenters. The zero-order valence-corrected chi connectivity index (χ0v) is 19.6. The SMILES string of the molecule is CCCN(C)c1cc(C(C)(C)C)nc(SCc2cccc(C(=O)NC(C)C)c2)n1. The average Bonchev–Trinajstić information content (AvgIpc) is 2.65. The molecule has 1 N–H and O–H groups in total. The molecule has 0 aliphatic carbocycles. The van der Waals surface area contributed by atoms with E-state index >= 15 is 0 Å². The van der Waals surface area contributed by atoms with E-state index < -0.39 is 0 Å². The highest BCUT2D eigenvalue weighted by atomic mass is 32.2. The number of rotatable bonds is 8. The molecule has 0 aliphatic rings. The van der Waals surface area contributed by atoms with Crippen LogP contribution in [0.4, 0.5) is 5.82 Å². The van der Waals surface area contributed by atoms with Crippen LogP contribution in [0.5, 0.6) is 0 Å². The minimum atomic E-state index is -0.0467. The smallest absolute Gasteiger partial charge is 0.251 e. The first-order chi connectivity index (χ1) is 13.6. The molecule has 0 aliphatic heterocycles. The van der Waals surface area contributed by atoms with Crippen molar-refractivity contribution in [2.75, 3.05) is 18.5 Å². The first-order valence-electron chi connectivity index (χ1n) is 10.2. The molecular formula is C23H34N4OS. The van der Waals surface area contributed by atoms with Crippen LogP contribution in [0.15, 0.2) is 35.5 Å². The number of nitrogens with zero attached hydrogens (tertiary/aromatic N) is 3. The van der Waals surface area contributed by atoms with Crippen molar-refractivity contribution >= 4 is 23.5 Å². The highest BCUT2D eigenvalue weighted by molar-refractivity contribution is 7.98. The molecule has 1 amide bonds. The van der Waals surface area contributed by atoms with Gasteiger partial charge in [-0.2, -0.15) is 0 Å². The first-order valence-corrected chi connectivity index (χ1v) is 11.2. The monoisotopic (exact) mass is 414 g/mol. The normalized spacial score (nSPS) is 11.6.